The van der Waals surface area contributed by atoms with E-state index in [2.05, 4.69) is 36.6 Å². The first-order valence-corrected chi connectivity index (χ1v) is 11.7. The van der Waals surface area contributed by atoms with Crippen LogP contribution in [0.3, 0.4) is 0 Å². The highest BCUT2D eigenvalue weighted by Crippen LogP contribution is 2.34. The first kappa shape index (κ1) is 19.4. The van der Waals surface area contributed by atoms with E-state index in [1.165, 1.54) is 10.5 Å². The predicted octanol–water partition coefficient (Wildman–Crippen LogP) is 4.97. The van der Waals surface area contributed by atoms with Crippen LogP contribution in [0.15, 0.2) is 64.1 Å². The van der Waals surface area contributed by atoms with Gasteiger partial charge in [-0.2, -0.15) is 0 Å². The van der Waals surface area contributed by atoms with Crippen LogP contribution in [0.5, 0.6) is 0 Å². The van der Waals surface area contributed by atoms with Crippen LogP contribution in [-0.4, -0.2) is 41.0 Å². The van der Waals surface area contributed by atoms with Crippen molar-refractivity contribution in [2.24, 2.45) is 0 Å². The maximum Gasteiger partial charge on any atom is 0.429 e. The quantitative estimate of drug-likeness (QED) is 0.392. The molecule has 0 unspecified atom stereocenters. The molecule has 26 heavy (non-hydrogen) atoms. The van der Waals surface area contributed by atoms with E-state index in [4.69, 9.17) is 0 Å². The van der Waals surface area contributed by atoms with Gasteiger partial charge in [0, 0.05) is 23.7 Å². The molecule has 0 atom stereocenters. The lowest BCUT2D eigenvalue weighted by Crippen LogP contribution is -2.22. The summed E-state index contributed by atoms with van der Waals surface area (Å²) in [5.74, 6) is 0.0905. The van der Waals surface area contributed by atoms with Gasteiger partial charge in [0.25, 0.3) is 4.38 Å². The van der Waals surface area contributed by atoms with E-state index in [-0.39, 0.29) is 5.91 Å². The zero-order valence-corrected chi connectivity index (χ0v) is 17.7. The minimum Gasteiger partial charge on any atom is -0.349 e. The van der Waals surface area contributed by atoms with Crippen molar-refractivity contribution in [1.82, 2.24) is 0 Å². The first-order chi connectivity index (χ1) is 12.6. The smallest absolute Gasteiger partial charge is 0.349 e. The Morgan fingerprint density at radius 1 is 1.23 bits per heavy atom. The summed E-state index contributed by atoms with van der Waals surface area (Å²) in [5, 5.41) is 0. The summed E-state index contributed by atoms with van der Waals surface area (Å²) < 4.78 is 2.95. The summed E-state index contributed by atoms with van der Waals surface area (Å²) in [7, 11) is 2.00. The van der Waals surface area contributed by atoms with E-state index in [0.29, 0.717) is 6.54 Å². The monoisotopic (exact) mass is 403 g/mol. The number of para-hydroxylation sites is 1. The molecule has 3 rings (SSSR count). The third-order valence-corrected chi connectivity index (χ3v) is 7.24. The van der Waals surface area contributed by atoms with E-state index in [1.807, 2.05) is 41.1 Å². The summed E-state index contributed by atoms with van der Waals surface area (Å²) in [4.78, 5) is 17.0. The fourth-order valence-electron chi connectivity index (χ4n) is 2.91. The van der Waals surface area contributed by atoms with Crippen molar-refractivity contribution >= 4 is 51.3 Å². The van der Waals surface area contributed by atoms with Crippen molar-refractivity contribution in [1.29, 1.82) is 0 Å². The van der Waals surface area contributed by atoms with Crippen LogP contribution in [-0.2, 0) is 4.79 Å². The summed E-state index contributed by atoms with van der Waals surface area (Å²) in [6.07, 6.45) is 14.8. The number of anilines is 1. The zero-order chi connectivity index (χ0) is 18.5. The topological polar surface area (TPSA) is 23.3 Å². The van der Waals surface area contributed by atoms with Crippen molar-refractivity contribution in [3.05, 3.63) is 59.2 Å². The van der Waals surface area contributed by atoms with Gasteiger partial charge in [0.2, 0.25) is 0 Å². The van der Waals surface area contributed by atoms with Gasteiger partial charge in [-0.15, -0.1) is 16.3 Å². The van der Waals surface area contributed by atoms with Crippen LogP contribution in [0.25, 0.3) is 0 Å². The maximum atomic E-state index is 13.0. The lowest BCUT2D eigenvalue weighted by molar-refractivity contribution is -0.428. The lowest BCUT2D eigenvalue weighted by atomic mass is 10.1. The van der Waals surface area contributed by atoms with Gasteiger partial charge in [0.15, 0.2) is 11.4 Å². The van der Waals surface area contributed by atoms with E-state index < -0.39 is 0 Å². The second-order valence-corrected chi connectivity index (χ2v) is 8.93. The molecule has 0 fully saturated rings. The highest BCUT2D eigenvalue weighted by Gasteiger charge is 2.38. The molecule has 0 radical (unpaired) electrons. The molecule has 3 nitrogen and oxygen atoms in total. The fraction of sp³-hybridized carbons (Fsp3) is 0.300. The number of thioether (sulfide) groups is 3. The Morgan fingerprint density at radius 3 is 2.73 bits per heavy atom. The van der Waals surface area contributed by atoms with Crippen molar-refractivity contribution in [2.45, 2.75) is 17.7 Å². The third kappa shape index (κ3) is 4.30. The van der Waals surface area contributed by atoms with Gasteiger partial charge in [0.1, 0.15) is 0 Å². The standard InChI is InChI=1S/C20H23N2OS3/c1-21(16-11-7-8-12-17(16)24-2)14-18-19(23)22(20(25-3)26-18)13-15-9-5-4-6-10-15/h5,7-12,14H,4,6,13H2,1-3H3/q+1/b18-14+. The predicted molar refractivity (Wildman–Crippen MR) is 117 cm³/mol. The highest BCUT2D eigenvalue weighted by atomic mass is 32.2. The molecule has 1 aliphatic heterocycles. The van der Waals surface area contributed by atoms with Crippen LogP contribution in [0, 0.1) is 0 Å². The Bertz CT molecular complexity index is 824. The average Bonchev–Trinajstić information content (AvgIpc) is 2.97. The fourth-order valence-corrected chi connectivity index (χ4v) is 5.37. The number of benzene rings is 1. The Labute approximate surface area is 168 Å². The van der Waals surface area contributed by atoms with E-state index in [0.717, 1.165) is 27.8 Å². The molecular weight excluding hydrogens is 380 g/mol. The second-order valence-electron chi connectivity index (χ2n) is 6.00. The van der Waals surface area contributed by atoms with Gasteiger partial charge in [-0.25, -0.2) is 4.79 Å². The molecule has 1 aromatic carbocycles. The van der Waals surface area contributed by atoms with Crippen molar-refractivity contribution in [3.63, 3.8) is 0 Å². The number of amides is 1. The molecule has 1 heterocycles. The molecule has 1 amide bonds. The van der Waals surface area contributed by atoms with Crippen LogP contribution in [0.2, 0.25) is 0 Å². The summed E-state index contributed by atoms with van der Waals surface area (Å²) >= 11 is 4.92. The Hall–Kier alpha value is -1.37. The Balaban J connectivity index is 1.82. The maximum absolute atomic E-state index is 13.0. The van der Waals surface area contributed by atoms with Gasteiger partial charge in [-0.1, -0.05) is 42.1 Å². The SMILES string of the molecule is CSC1=[N+](CC2=CCCC=C2)C(=O)/C(=C\N(C)c2ccccc2SC)S1. The summed E-state index contributed by atoms with van der Waals surface area (Å²) in [6.45, 7) is 0.654. The minimum atomic E-state index is 0.0905. The van der Waals surface area contributed by atoms with Crippen LogP contribution in [0.1, 0.15) is 12.8 Å². The number of hydrogen-bond acceptors (Lipinski definition) is 5. The molecule has 2 aliphatic rings. The van der Waals surface area contributed by atoms with Gasteiger partial charge >= 0.3 is 5.91 Å². The molecule has 0 spiro atoms. The molecule has 1 aliphatic carbocycles. The Morgan fingerprint density at radius 2 is 2.04 bits per heavy atom. The number of hydrogen-bond donors (Lipinski definition) is 0. The largest absolute Gasteiger partial charge is 0.429 e. The molecule has 6 heteroatoms. The van der Waals surface area contributed by atoms with Crippen LogP contribution >= 0.6 is 35.3 Å². The second kappa shape index (κ2) is 9.02. The third-order valence-electron chi connectivity index (χ3n) is 4.24. The normalized spacial score (nSPS) is 18.7. The number of carbonyl (C=O) groups excluding carboxylic acids is 1. The van der Waals surface area contributed by atoms with Crippen molar-refractivity contribution in [2.75, 3.05) is 31.0 Å². The van der Waals surface area contributed by atoms with Crippen molar-refractivity contribution in [3.8, 4) is 0 Å². The average molecular weight is 404 g/mol. The molecule has 0 N–H and O–H groups in total. The lowest BCUT2D eigenvalue weighted by Gasteiger charge is -2.17. The van der Waals surface area contributed by atoms with Crippen molar-refractivity contribution < 1.29 is 9.37 Å². The van der Waals surface area contributed by atoms with Gasteiger partial charge in [-0.05, 0) is 49.2 Å². The molecule has 0 bridgehead atoms. The number of rotatable bonds is 5. The minimum absolute atomic E-state index is 0.0905. The molecule has 0 saturated carbocycles. The Kier molecular flexibility index (Phi) is 6.73. The van der Waals surface area contributed by atoms with Gasteiger partial charge < -0.3 is 4.90 Å². The van der Waals surface area contributed by atoms with E-state index >= 15 is 0 Å². The number of nitrogens with zero attached hydrogens (tertiary/aromatic N) is 2. The highest BCUT2D eigenvalue weighted by molar-refractivity contribution is 8.40. The first-order valence-electron chi connectivity index (χ1n) is 8.48. The summed E-state index contributed by atoms with van der Waals surface area (Å²) in [5.41, 5.74) is 2.34. The van der Waals surface area contributed by atoms with Crippen LogP contribution < -0.4 is 4.90 Å². The van der Waals surface area contributed by atoms with E-state index in [9.17, 15) is 4.79 Å². The van der Waals surface area contributed by atoms with E-state index in [1.54, 1.807) is 35.3 Å². The number of carbonyl (C=O) groups is 1. The van der Waals surface area contributed by atoms with Crippen LogP contribution in [0.4, 0.5) is 5.69 Å². The molecule has 136 valence electrons. The van der Waals surface area contributed by atoms with Gasteiger partial charge in [-0.3, -0.25) is 0 Å². The molecule has 0 saturated heterocycles. The summed E-state index contributed by atoms with van der Waals surface area (Å²) in [6, 6.07) is 8.26. The zero-order valence-electron chi connectivity index (χ0n) is 15.3. The molecule has 0 aromatic heterocycles. The molecular formula is C20H23N2OS3+. The molecule has 1 aromatic rings. The number of allylic oxidation sites excluding steroid dienone is 2. The van der Waals surface area contributed by atoms with Gasteiger partial charge in [0.05, 0.1) is 5.69 Å².